The SMILES string of the molecule is Cc1cc(C(F)(F)F)nc(C(=O)NCC2(C(=O)O)CC2)n1. The molecule has 2 rings (SSSR count). The van der Waals surface area contributed by atoms with E-state index in [0.717, 1.165) is 6.07 Å². The second kappa shape index (κ2) is 4.97. The van der Waals surface area contributed by atoms with Gasteiger partial charge in [-0.3, -0.25) is 9.59 Å². The van der Waals surface area contributed by atoms with Gasteiger partial charge in [0.1, 0.15) is 5.69 Å². The van der Waals surface area contributed by atoms with Crippen LogP contribution in [-0.4, -0.2) is 33.5 Å². The van der Waals surface area contributed by atoms with Gasteiger partial charge in [-0.15, -0.1) is 0 Å². The highest BCUT2D eigenvalue weighted by molar-refractivity contribution is 5.91. The number of rotatable bonds is 4. The van der Waals surface area contributed by atoms with Crippen LogP contribution in [0.3, 0.4) is 0 Å². The van der Waals surface area contributed by atoms with Crippen molar-refractivity contribution in [2.45, 2.75) is 25.9 Å². The van der Waals surface area contributed by atoms with Gasteiger partial charge in [0.25, 0.3) is 5.91 Å². The molecule has 0 spiro atoms. The molecule has 0 atom stereocenters. The summed E-state index contributed by atoms with van der Waals surface area (Å²) >= 11 is 0. The molecule has 1 aromatic heterocycles. The molecule has 0 unspecified atom stereocenters. The van der Waals surface area contributed by atoms with Crippen molar-refractivity contribution in [2.24, 2.45) is 5.41 Å². The van der Waals surface area contributed by atoms with Crippen LogP contribution in [0.1, 0.15) is 34.8 Å². The second-order valence-corrected chi connectivity index (χ2v) is 4.98. The number of carbonyl (C=O) groups is 2. The average molecular weight is 303 g/mol. The maximum Gasteiger partial charge on any atom is 0.433 e. The Kier molecular flexibility index (Phi) is 3.60. The average Bonchev–Trinajstić information content (AvgIpc) is 3.15. The Morgan fingerprint density at radius 1 is 1.38 bits per heavy atom. The van der Waals surface area contributed by atoms with E-state index in [1.165, 1.54) is 6.92 Å². The van der Waals surface area contributed by atoms with Crippen molar-refractivity contribution in [3.63, 3.8) is 0 Å². The molecule has 1 fully saturated rings. The third kappa shape index (κ3) is 3.29. The third-order valence-corrected chi connectivity index (χ3v) is 3.24. The van der Waals surface area contributed by atoms with Crippen LogP contribution in [0, 0.1) is 12.3 Å². The van der Waals surface area contributed by atoms with Crippen molar-refractivity contribution in [2.75, 3.05) is 6.54 Å². The number of hydrogen-bond donors (Lipinski definition) is 2. The minimum atomic E-state index is -4.68. The summed E-state index contributed by atoms with van der Waals surface area (Å²) < 4.78 is 37.8. The van der Waals surface area contributed by atoms with Gasteiger partial charge in [0.15, 0.2) is 0 Å². The van der Waals surface area contributed by atoms with Crippen LogP contribution in [0.4, 0.5) is 13.2 Å². The molecule has 0 saturated heterocycles. The van der Waals surface area contributed by atoms with E-state index in [4.69, 9.17) is 5.11 Å². The molecule has 0 radical (unpaired) electrons. The van der Waals surface area contributed by atoms with E-state index in [2.05, 4.69) is 15.3 Å². The quantitative estimate of drug-likeness (QED) is 0.877. The molecule has 6 nitrogen and oxygen atoms in total. The Morgan fingerprint density at radius 2 is 2.00 bits per heavy atom. The predicted octanol–water partition coefficient (Wildman–Crippen LogP) is 1.40. The summed E-state index contributed by atoms with van der Waals surface area (Å²) in [4.78, 5) is 29.5. The first-order chi connectivity index (χ1) is 9.64. The summed E-state index contributed by atoms with van der Waals surface area (Å²) in [6.07, 6.45) is -3.84. The molecule has 1 saturated carbocycles. The van der Waals surface area contributed by atoms with E-state index in [1.807, 2.05) is 0 Å². The lowest BCUT2D eigenvalue weighted by atomic mass is 10.1. The van der Waals surface area contributed by atoms with Crippen molar-refractivity contribution < 1.29 is 27.9 Å². The van der Waals surface area contributed by atoms with Crippen molar-refractivity contribution in [1.82, 2.24) is 15.3 Å². The number of carboxylic acids is 1. The van der Waals surface area contributed by atoms with Crippen LogP contribution in [-0.2, 0) is 11.0 Å². The fraction of sp³-hybridized carbons (Fsp3) is 0.500. The lowest BCUT2D eigenvalue weighted by molar-refractivity contribution is -0.143. The molecule has 114 valence electrons. The monoisotopic (exact) mass is 303 g/mol. The van der Waals surface area contributed by atoms with Gasteiger partial charge >= 0.3 is 12.1 Å². The van der Waals surface area contributed by atoms with Crippen molar-refractivity contribution in [1.29, 1.82) is 0 Å². The molecule has 1 aliphatic rings. The smallest absolute Gasteiger partial charge is 0.433 e. The van der Waals surface area contributed by atoms with Crippen molar-refractivity contribution in [3.05, 3.63) is 23.3 Å². The summed E-state index contributed by atoms with van der Waals surface area (Å²) in [5, 5.41) is 11.2. The summed E-state index contributed by atoms with van der Waals surface area (Å²) in [6.45, 7) is 1.16. The molecule has 1 aliphatic carbocycles. The van der Waals surface area contributed by atoms with Crippen LogP contribution in [0.15, 0.2) is 6.07 Å². The van der Waals surface area contributed by atoms with E-state index in [-0.39, 0.29) is 12.2 Å². The van der Waals surface area contributed by atoms with Gasteiger partial charge in [0.05, 0.1) is 5.41 Å². The van der Waals surface area contributed by atoms with Crippen LogP contribution < -0.4 is 5.32 Å². The molecule has 1 aromatic rings. The van der Waals surface area contributed by atoms with E-state index in [1.54, 1.807) is 0 Å². The number of amides is 1. The molecule has 1 amide bonds. The molecule has 0 aromatic carbocycles. The zero-order valence-electron chi connectivity index (χ0n) is 11.0. The van der Waals surface area contributed by atoms with E-state index in [9.17, 15) is 22.8 Å². The maximum atomic E-state index is 12.6. The van der Waals surface area contributed by atoms with Gasteiger partial charge in [-0.2, -0.15) is 13.2 Å². The standard InChI is InChI=1S/C12H12F3N3O3/c1-6-4-7(12(13,14)15)18-8(17-6)9(19)16-5-11(2-3-11)10(20)21/h4H,2-3,5H2,1H3,(H,16,19)(H,20,21). The number of aryl methyl sites for hydroxylation is 1. The molecule has 21 heavy (non-hydrogen) atoms. The van der Waals surface area contributed by atoms with E-state index >= 15 is 0 Å². The van der Waals surface area contributed by atoms with Crippen molar-refractivity contribution in [3.8, 4) is 0 Å². The third-order valence-electron chi connectivity index (χ3n) is 3.24. The number of carbonyl (C=O) groups excluding carboxylic acids is 1. The number of aromatic nitrogens is 2. The van der Waals surface area contributed by atoms with Crippen LogP contribution in [0.2, 0.25) is 0 Å². The Morgan fingerprint density at radius 3 is 2.48 bits per heavy atom. The highest BCUT2D eigenvalue weighted by Gasteiger charge is 2.50. The van der Waals surface area contributed by atoms with Gasteiger partial charge in [0.2, 0.25) is 5.82 Å². The second-order valence-electron chi connectivity index (χ2n) is 4.98. The molecular weight excluding hydrogens is 291 g/mol. The minimum Gasteiger partial charge on any atom is -0.481 e. The number of carboxylic acid groups (broad SMARTS) is 1. The van der Waals surface area contributed by atoms with Gasteiger partial charge in [-0.25, -0.2) is 9.97 Å². The van der Waals surface area contributed by atoms with E-state index in [0.29, 0.717) is 12.8 Å². The molecular formula is C12H12F3N3O3. The first kappa shape index (κ1) is 15.2. The topological polar surface area (TPSA) is 92.2 Å². The Labute approximate surface area is 117 Å². The number of nitrogens with one attached hydrogen (secondary N) is 1. The van der Waals surface area contributed by atoms with Gasteiger partial charge in [0, 0.05) is 12.2 Å². The zero-order chi connectivity index (χ0) is 15.8. The first-order valence-electron chi connectivity index (χ1n) is 6.08. The largest absolute Gasteiger partial charge is 0.481 e. The van der Waals surface area contributed by atoms with Crippen LogP contribution >= 0.6 is 0 Å². The van der Waals surface area contributed by atoms with Gasteiger partial charge in [-0.05, 0) is 25.8 Å². The Balaban J connectivity index is 2.13. The fourth-order valence-corrected chi connectivity index (χ4v) is 1.76. The highest BCUT2D eigenvalue weighted by atomic mass is 19.4. The molecule has 2 N–H and O–H groups in total. The van der Waals surface area contributed by atoms with Crippen LogP contribution in [0.25, 0.3) is 0 Å². The number of nitrogens with zero attached hydrogens (tertiary/aromatic N) is 2. The minimum absolute atomic E-state index is 0.00171. The van der Waals surface area contributed by atoms with Crippen molar-refractivity contribution >= 4 is 11.9 Å². The van der Waals surface area contributed by atoms with Gasteiger partial charge < -0.3 is 10.4 Å². The predicted molar refractivity (Wildman–Crippen MR) is 63.4 cm³/mol. The van der Waals surface area contributed by atoms with E-state index < -0.39 is 35.0 Å². The summed E-state index contributed by atoms with van der Waals surface area (Å²) in [6, 6.07) is 0.733. The number of hydrogen-bond acceptors (Lipinski definition) is 4. The number of alkyl halides is 3. The Bertz CT molecular complexity index is 597. The van der Waals surface area contributed by atoms with Crippen LogP contribution in [0.5, 0.6) is 0 Å². The maximum absolute atomic E-state index is 12.6. The zero-order valence-corrected chi connectivity index (χ0v) is 11.0. The fourth-order valence-electron chi connectivity index (χ4n) is 1.76. The number of halogens is 3. The normalized spacial score (nSPS) is 16.4. The molecule has 0 aliphatic heterocycles. The summed E-state index contributed by atoms with van der Waals surface area (Å²) in [5.74, 6) is -2.58. The lowest BCUT2D eigenvalue weighted by Gasteiger charge is -2.12. The summed E-state index contributed by atoms with van der Waals surface area (Å²) in [7, 11) is 0. The lowest BCUT2D eigenvalue weighted by Crippen LogP contribution is -2.35. The highest BCUT2D eigenvalue weighted by Crippen LogP contribution is 2.45. The van der Waals surface area contributed by atoms with Gasteiger partial charge in [-0.1, -0.05) is 0 Å². The number of aliphatic carboxylic acids is 1. The summed E-state index contributed by atoms with van der Waals surface area (Å²) in [5.41, 5.74) is -2.21. The first-order valence-corrected chi connectivity index (χ1v) is 6.08. The molecule has 1 heterocycles. The Hall–Kier alpha value is -2.19. The molecule has 0 bridgehead atoms. The molecule has 9 heteroatoms.